The van der Waals surface area contributed by atoms with Crippen LogP contribution in [0.4, 0.5) is 23.2 Å². The van der Waals surface area contributed by atoms with E-state index in [2.05, 4.69) is 0 Å². The van der Waals surface area contributed by atoms with Crippen LogP contribution in [-0.4, -0.2) is 43.3 Å². The van der Waals surface area contributed by atoms with Gasteiger partial charge < -0.3 is 14.7 Å². The Labute approximate surface area is 117 Å². The Hall–Kier alpha value is -1.83. The van der Waals surface area contributed by atoms with E-state index >= 15 is 0 Å². The lowest BCUT2D eigenvalue weighted by molar-refractivity contribution is 0.0584. The molecule has 2 rings (SSSR count). The Morgan fingerprint density at radius 2 is 2.00 bits per heavy atom. The molecule has 1 aromatic carbocycles. The van der Waals surface area contributed by atoms with Crippen molar-refractivity contribution < 1.29 is 32.2 Å². The molecule has 4 nitrogen and oxygen atoms in total. The fourth-order valence-electron chi connectivity index (χ4n) is 2.33. The Balaban J connectivity index is 2.33. The second kappa shape index (κ2) is 6.30. The zero-order chi connectivity index (χ0) is 15.6. The summed E-state index contributed by atoms with van der Waals surface area (Å²) in [6, 6.07) is 0.973. The molecule has 0 radical (unpaired) electrons. The van der Waals surface area contributed by atoms with Crippen molar-refractivity contribution in [1.82, 2.24) is 0 Å². The van der Waals surface area contributed by atoms with Crippen LogP contribution in [0.5, 0.6) is 0 Å². The van der Waals surface area contributed by atoms with Crippen molar-refractivity contribution in [2.45, 2.75) is 18.9 Å². The number of alkyl halides is 2. The third-order valence-electron chi connectivity index (χ3n) is 3.25. The molecule has 1 unspecified atom stereocenters. The average molecular weight is 307 g/mol. The number of nitrogens with zero attached hydrogens (tertiary/aromatic N) is 1. The fraction of sp³-hybridized carbons (Fsp3) is 0.462. The molecule has 0 aliphatic carbocycles. The predicted molar refractivity (Wildman–Crippen MR) is 65.9 cm³/mol. The van der Waals surface area contributed by atoms with Crippen molar-refractivity contribution in [1.29, 1.82) is 0 Å². The molecule has 1 heterocycles. The van der Waals surface area contributed by atoms with Crippen LogP contribution >= 0.6 is 0 Å². The van der Waals surface area contributed by atoms with Gasteiger partial charge in [0.25, 0.3) is 0 Å². The summed E-state index contributed by atoms with van der Waals surface area (Å²) < 4.78 is 57.5. The second-order valence-electron chi connectivity index (χ2n) is 4.64. The first kappa shape index (κ1) is 15.6. The van der Waals surface area contributed by atoms with Gasteiger partial charge in [0.05, 0.1) is 19.3 Å². The summed E-state index contributed by atoms with van der Waals surface area (Å²) in [5.74, 6) is -4.19. The number of morpholine rings is 1. The normalized spacial score (nSPS) is 19.1. The highest BCUT2D eigenvalue weighted by molar-refractivity contribution is 5.88. The molecular formula is C13H13F4NO3. The topological polar surface area (TPSA) is 49.8 Å². The number of aromatic carboxylic acids is 1. The second-order valence-corrected chi connectivity index (χ2v) is 4.64. The van der Waals surface area contributed by atoms with E-state index < -0.39 is 42.1 Å². The zero-order valence-electron chi connectivity index (χ0n) is 10.9. The molecule has 0 spiro atoms. The first-order valence-electron chi connectivity index (χ1n) is 6.25. The van der Waals surface area contributed by atoms with Gasteiger partial charge >= 0.3 is 5.97 Å². The van der Waals surface area contributed by atoms with Crippen molar-refractivity contribution in [3.8, 4) is 0 Å². The van der Waals surface area contributed by atoms with Crippen LogP contribution in [0.3, 0.4) is 0 Å². The van der Waals surface area contributed by atoms with Crippen molar-refractivity contribution >= 4 is 11.7 Å². The summed E-state index contributed by atoms with van der Waals surface area (Å²) in [5.41, 5.74) is -1.03. The minimum Gasteiger partial charge on any atom is -0.477 e. The van der Waals surface area contributed by atoms with Gasteiger partial charge in [-0.25, -0.2) is 22.4 Å². The molecule has 116 valence electrons. The van der Waals surface area contributed by atoms with E-state index in [0.717, 1.165) is 12.1 Å². The minimum absolute atomic E-state index is 0.0221. The van der Waals surface area contributed by atoms with E-state index in [0.29, 0.717) is 0 Å². The van der Waals surface area contributed by atoms with E-state index in [1.807, 2.05) is 0 Å². The number of rotatable bonds is 4. The van der Waals surface area contributed by atoms with Gasteiger partial charge in [0.2, 0.25) is 6.43 Å². The lowest BCUT2D eigenvalue weighted by atomic mass is 10.1. The molecule has 1 atom stereocenters. The third kappa shape index (κ3) is 3.44. The third-order valence-corrected chi connectivity index (χ3v) is 3.25. The van der Waals surface area contributed by atoms with Gasteiger partial charge in [-0.1, -0.05) is 0 Å². The largest absolute Gasteiger partial charge is 0.477 e. The summed E-state index contributed by atoms with van der Waals surface area (Å²) in [5, 5.41) is 8.71. The maximum Gasteiger partial charge on any atom is 0.341 e. The molecule has 1 saturated heterocycles. The number of benzene rings is 1. The number of carboxylic acid groups (broad SMARTS) is 1. The lowest BCUT2D eigenvalue weighted by Crippen LogP contribution is -2.46. The predicted octanol–water partition coefficient (Wildman–Crippen LogP) is 2.52. The van der Waals surface area contributed by atoms with E-state index in [-0.39, 0.29) is 25.4 Å². The molecule has 0 saturated carbocycles. The van der Waals surface area contributed by atoms with E-state index in [1.165, 1.54) is 4.90 Å². The molecule has 0 aromatic heterocycles. The van der Waals surface area contributed by atoms with Crippen LogP contribution in [0.2, 0.25) is 0 Å². The van der Waals surface area contributed by atoms with E-state index in [9.17, 15) is 22.4 Å². The Kier molecular flexibility index (Phi) is 4.66. The monoisotopic (exact) mass is 307 g/mol. The Bertz CT molecular complexity index is 515. The summed E-state index contributed by atoms with van der Waals surface area (Å²) in [6.07, 6.45) is -3.07. The summed E-state index contributed by atoms with van der Waals surface area (Å²) >= 11 is 0. The summed E-state index contributed by atoms with van der Waals surface area (Å²) in [7, 11) is 0. The quantitative estimate of drug-likeness (QED) is 0.869. The molecule has 1 aromatic rings. The average Bonchev–Trinajstić information content (AvgIpc) is 2.37. The van der Waals surface area contributed by atoms with Crippen LogP contribution in [0.15, 0.2) is 12.1 Å². The number of hydrogen-bond acceptors (Lipinski definition) is 3. The molecule has 1 aliphatic heterocycles. The molecule has 8 heteroatoms. The van der Waals surface area contributed by atoms with Gasteiger partial charge in [-0.15, -0.1) is 0 Å². The van der Waals surface area contributed by atoms with Gasteiger partial charge in [0.15, 0.2) is 0 Å². The first-order valence-corrected chi connectivity index (χ1v) is 6.25. The van der Waals surface area contributed by atoms with Crippen LogP contribution in [0.1, 0.15) is 16.8 Å². The Morgan fingerprint density at radius 3 is 2.52 bits per heavy atom. The van der Waals surface area contributed by atoms with Crippen LogP contribution in [0, 0.1) is 11.6 Å². The number of ether oxygens (including phenoxy) is 1. The number of halogens is 4. The van der Waals surface area contributed by atoms with E-state index in [1.54, 1.807) is 0 Å². The van der Waals surface area contributed by atoms with Gasteiger partial charge in [-0.05, 0) is 12.1 Å². The highest BCUT2D eigenvalue weighted by atomic mass is 19.3. The van der Waals surface area contributed by atoms with Gasteiger partial charge in [-0.2, -0.15) is 0 Å². The van der Waals surface area contributed by atoms with E-state index in [4.69, 9.17) is 9.84 Å². The molecular weight excluding hydrogens is 294 g/mol. The molecule has 0 bridgehead atoms. The van der Waals surface area contributed by atoms with Gasteiger partial charge in [-0.3, -0.25) is 0 Å². The number of carboxylic acids is 1. The number of hydrogen-bond donors (Lipinski definition) is 1. The number of carbonyl (C=O) groups is 1. The maximum absolute atomic E-state index is 13.7. The van der Waals surface area contributed by atoms with Gasteiger partial charge in [0.1, 0.15) is 17.2 Å². The first-order chi connectivity index (χ1) is 9.90. The molecule has 0 amide bonds. The standard InChI is InChI=1S/C13H13F4NO3/c14-9-3-7(4-10(15)12(9)13(19)20)18-1-2-21-6-8(18)5-11(16)17/h3-4,8,11H,1-2,5-6H2,(H,19,20). The SMILES string of the molecule is O=C(O)c1c(F)cc(N2CCOCC2CC(F)F)cc1F. The molecule has 1 N–H and O–H groups in total. The maximum atomic E-state index is 13.7. The van der Waals surface area contributed by atoms with Crippen molar-refractivity contribution in [2.75, 3.05) is 24.7 Å². The van der Waals surface area contributed by atoms with Crippen LogP contribution < -0.4 is 4.90 Å². The highest BCUT2D eigenvalue weighted by Crippen LogP contribution is 2.27. The highest BCUT2D eigenvalue weighted by Gasteiger charge is 2.28. The minimum atomic E-state index is -2.58. The van der Waals surface area contributed by atoms with Crippen molar-refractivity contribution in [3.05, 3.63) is 29.3 Å². The van der Waals surface area contributed by atoms with Crippen LogP contribution in [-0.2, 0) is 4.74 Å². The Morgan fingerprint density at radius 1 is 1.38 bits per heavy atom. The smallest absolute Gasteiger partial charge is 0.341 e. The lowest BCUT2D eigenvalue weighted by Gasteiger charge is -2.37. The number of anilines is 1. The van der Waals surface area contributed by atoms with Crippen LogP contribution in [0.25, 0.3) is 0 Å². The zero-order valence-corrected chi connectivity index (χ0v) is 10.9. The summed E-state index contributed by atoms with van der Waals surface area (Å²) in [4.78, 5) is 12.1. The molecule has 1 aliphatic rings. The fourth-order valence-corrected chi connectivity index (χ4v) is 2.33. The van der Waals surface area contributed by atoms with Crippen molar-refractivity contribution in [2.24, 2.45) is 0 Å². The van der Waals surface area contributed by atoms with Crippen molar-refractivity contribution in [3.63, 3.8) is 0 Å². The molecule has 1 fully saturated rings. The molecule has 21 heavy (non-hydrogen) atoms. The van der Waals surface area contributed by atoms with Gasteiger partial charge in [0, 0.05) is 18.7 Å². The summed E-state index contributed by atoms with van der Waals surface area (Å²) in [6.45, 7) is 0.459.